The van der Waals surface area contributed by atoms with E-state index in [1.54, 1.807) is 0 Å². The molecule has 1 N–H and O–H groups in total. The molecule has 1 spiro atoms. The number of nitriles is 1. The van der Waals surface area contributed by atoms with Crippen molar-refractivity contribution in [2.24, 2.45) is 0 Å². The topological polar surface area (TPSA) is 39.1 Å². The van der Waals surface area contributed by atoms with Crippen molar-refractivity contribution in [3.05, 3.63) is 220 Å². The van der Waals surface area contributed by atoms with E-state index in [9.17, 15) is 5.26 Å². The molecule has 0 radical (unpaired) electrons. The Labute approximate surface area is 305 Å². The van der Waals surface area contributed by atoms with Crippen molar-refractivity contribution in [3.63, 3.8) is 0 Å². The zero-order valence-electron chi connectivity index (χ0n) is 29.2. The molecular weight excluding hydrogens is 631 g/mol. The van der Waals surface area contributed by atoms with Crippen LogP contribution >= 0.6 is 0 Å². The van der Waals surface area contributed by atoms with Crippen molar-refractivity contribution >= 4 is 5.69 Å². The van der Waals surface area contributed by atoms with Crippen LogP contribution in [0.25, 0.3) is 22.3 Å². The van der Waals surface area contributed by atoms with E-state index < -0.39 is 5.41 Å². The van der Waals surface area contributed by atoms with E-state index in [1.165, 1.54) is 61.2 Å². The lowest BCUT2D eigenvalue weighted by Crippen LogP contribution is -2.57. The van der Waals surface area contributed by atoms with Crippen LogP contribution in [0.4, 0.5) is 5.69 Å². The molecule has 7 aromatic carbocycles. The summed E-state index contributed by atoms with van der Waals surface area (Å²) < 4.78 is 0. The van der Waals surface area contributed by atoms with Gasteiger partial charge in [0.25, 0.3) is 0 Å². The smallest absolute Gasteiger partial charge is 0.109 e. The molecule has 3 nitrogen and oxygen atoms in total. The standard InChI is InChI=1S/C49H37N3/c1-48(2)41-16-8-10-18-43(41)49(44-19-11-9-17-42(44)48)40-15-7-6-14-38(40)39-29-26-36(30-45(39)49)33-24-27-37(28-25-33)52-46(34-12-4-3-5-13-34)51-47(52)35-22-20-32(31-50)21-23-35/h3-30,46-47,51H,1-2H3. The molecule has 2 unspecified atom stereocenters. The number of hydrogen-bond acceptors (Lipinski definition) is 3. The molecule has 0 bridgehead atoms. The largest absolute Gasteiger partial charge is 0.332 e. The van der Waals surface area contributed by atoms with Gasteiger partial charge >= 0.3 is 0 Å². The molecule has 52 heavy (non-hydrogen) atoms. The van der Waals surface area contributed by atoms with Crippen LogP contribution in [0.15, 0.2) is 170 Å². The zero-order valence-corrected chi connectivity index (χ0v) is 29.2. The maximum atomic E-state index is 9.38. The van der Waals surface area contributed by atoms with Gasteiger partial charge in [-0.15, -0.1) is 0 Å². The molecule has 0 aromatic heterocycles. The summed E-state index contributed by atoms with van der Waals surface area (Å²) in [6.45, 7) is 4.75. The van der Waals surface area contributed by atoms with E-state index in [2.05, 4.69) is 188 Å². The lowest BCUT2D eigenvalue weighted by Gasteiger charge is -2.51. The van der Waals surface area contributed by atoms with Crippen molar-refractivity contribution in [2.75, 3.05) is 4.90 Å². The fraction of sp³-hybridized carbons (Fsp3) is 0.122. The highest BCUT2D eigenvalue weighted by Gasteiger charge is 2.53. The molecule has 3 aliphatic rings. The van der Waals surface area contributed by atoms with Crippen molar-refractivity contribution in [1.82, 2.24) is 5.32 Å². The maximum absolute atomic E-state index is 9.38. The molecule has 3 heteroatoms. The average Bonchev–Trinajstić information content (AvgIpc) is 3.48. The summed E-state index contributed by atoms with van der Waals surface area (Å²) in [6, 6.07) is 64.2. The lowest BCUT2D eigenvalue weighted by molar-refractivity contribution is 0.276. The van der Waals surface area contributed by atoms with E-state index >= 15 is 0 Å². The molecule has 2 atom stereocenters. The Bertz CT molecular complexity index is 2490. The first-order chi connectivity index (χ1) is 25.5. The highest BCUT2D eigenvalue weighted by Crippen LogP contribution is 2.62. The van der Waals surface area contributed by atoms with Gasteiger partial charge in [-0.2, -0.15) is 5.26 Å². The predicted molar refractivity (Wildman–Crippen MR) is 210 cm³/mol. The first-order valence-electron chi connectivity index (χ1n) is 18.1. The Morgan fingerprint density at radius 2 is 1.02 bits per heavy atom. The van der Waals surface area contributed by atoms with E-state index in [-0.39, 0.29) is 17.7 Å². The first-order valence-corrected chi connectivity index (χ1v) is 18.1. The van der Waals surface area contributed by atoms with Gasteiger partial charge in [0.2, 0.25) is 0 Å². The van der Waals surface area contributed by atoms with Crippen LogP contribution in [0, 0.1) is 11.3 Å². The monoisotopic (exact) mass is 667 g/mol. The van der Waals surface area contributed by atoms with Gasteiger partial charge in [0, 0.05) is 11.1 Å². The minimum absolute atomic E-state index is 0.00200. The van der Waals surface area contributed by atoms with Gasteiger partial charge in [-0.3, -0.25) is 5.32 Å². The molecule has 7 aromatic rings. The third-order valence-electron chi connectivity index (χ3n) is 11.9. The van der Waals surface area contributed by atoms with Crippen LogP contribution < -0.4 is 10.2 Å². The summed E-state index contributed by atoms with van der Waals surface area (Å²) in [4.78, 5) is 2.44. The minimum Gasteiger partial charge on any atom is -0.332 e. The first kappa shape index (κ1) is 30.6. The summed E-state index contributed by atoms with van der Waals surface area (Å²) in [5.74, 6) is 0. The summed E-state index contributed by atoms with van der Waals surface area (Å²) in [5, 5.41) is 13.2. The molecule has 248 valence electrons. The highest BCUT2D eigenvalue weighted by atomic mass is 15.5. The Balaban J connectivity index is 1.10. The van der Waals surface area contributed by atoms with Crippen molar-refractivity contribution < 1.29 is 0 Å². The van der Waals surface area contributed by atoms with Gasteiger partial charge in [-0.1, -0.05) is 153 Å². The fourth-order valence-corrected chi connectivity index (χ4v) is 9.43. The van der Waals surface area contributed by atoms with Gasteiger partial charge in [0.1, 0.15) is 12.3 Å². The van der Waals surface area contributed by atoms with Crippen molar-refractivity contribution in [3.8, 4) is 28.3 Å². The molecule has 1 fully saturated rings. The SMILES string of the molecule is CC1(C)c2ccccc2C2(c3ccccc3-c3ccc(-c4ccc(N5C(c6ccccc6)NC5c5ccc(C#N)cc5)cc4)cc32)c2ccccc21. The van der Waals surface area contributed by atoms with E-state index in [4.69, 9.17) is 0 Å². The Hall–Kier alpha value is -6.21. The second kappa shape index (κ2) is 11.4. The number of rotatable bonds is 4. The molecule has 0 amide bonds. The number of nitrogens with zero attached hydrogens (tertiary/aromatic N) is 2. The summed E-state index contributed by atoms with van der Waals surface area (Å²) in [5.41, 5.74) is 16.9. The van der Waals surface area contributed by atoms with Crippen molar-refractivity contribution in [1.29, 1.82) is 5.26 Å². The minimum atomic E-state index is -0.412. The highest BCUT2D eigenvalue weighted by molar-refractivity contribution is 5.90. The average molecular weight is 668 g/mol. The van der Waals surface area contributed by atoms with Crippen LogP contribution in [0.3, 0.4) is 0 Å². The number of benzene rings is 7. The second-order valence-electron chi connectivity index (χ2n) is 14.8. The predicted octanol–water partition coefficient (Wildman–Crippen LogP) is 11.0. The maximum Gasteiger partial charge on any atom is 0.109 e. The van der Waals surface area contributed by atoms with Crippen LogP contribution in [-0.2, 0) is 10.8 Å². The second-order valence-corrected chi connectivity index (χ2v) is 14.8. The summed E-state index contributed by atoms with van der Waals surface area (Å²) in [7, 11) is 0. The zero-order chi connectivity index (χ0) is 35.0. The number of fused-ring (bicyclic) bond motifs is 9. The molecule has 1 heterocycles. The molecule has 0 saturated carbocycles. The van der Waals surface area contributed by atoms with Crippen molar-refractivity contribution in [2.45, 2.75) is 37.0 Å². The normalized spacial score (nSPS) is 18.4. The van der Waals surface area contributed by atoms with E-state index in [0.717, 1.165) is 11.3 Å². The quantitative estimate of drug-likeness (QED) is 0.203. The van der Waals surface area contributed by atoms with Crippen LogP contribution in [0.5, 0.6) is 0 Å². The van der Waals surface area contributed by atoms with E-state index in [1.807, 2.05) is 12.1 Å². The van der Waals surface area contributed by atoms with Gasteiger partial charge in [-0.25, -0.2) is 0 Å². The fourth-order valence-electron chi connectivity index (χ4n) is 9.43. The Morgan fingerprint density at radius 3 is 1.65 bits per heavy atom. The Morgan fingerprint density at radius 1 is 0.500 bits per heavy atom. The summed E-state index contributed by atoms with van der Waals surface area (Å²) in [6.07, 6.45) is 0.0413. The summed E-state index contributed by atoms with van der Waals surface area (Å²) >= 11 is 0. The van der Waals surface area contributed by atoms with Crippen LogP contribution in [-0.4, -0.2) is 0 Å². The Kier molecular flexibility index (Phi) is 6.71. The number of anilines is 1. The third-order valence-corrected chi connectivity index (χ3v) is 11.9. The molecule has 2 aliphatic carbocycles. The number of nitrogens with one attached hydrogen (secondary N) is 1. The molecular formula is C49H37N3. The van der Waals surface area contributed by atoms with Crippen LogP contribution in [0.2, 0.25) is 0 Å². The van der Waals surface area contributed by atoms with Crippen LogP contribution in [0.1, 0.15) is 76.3 Å². The molecule has 1 saturated heterocycles. The van der Waals surface area contributed by atoms with Gasteiger partial charge in [0.05, 0.1) is 17.0 Å². The van der Waals surface area contributed by atoms with Gasteiger partial charge in [0.15, 0.2) is 0 Å². The molecule has 10 rings (SSSR count). The van der Waals surface area contributed by atoms with E-state index in [0.29, 0.717) is 5.56 Å². The van der Waals surface area contributed by atoms with Gasteiger partial charge in [-0.05, 0) is 97.1 Å². The molecule has 1 aliphatic heterocycles. The third kappa shape index (κ3) is 4.22. The number of hydrogen-bond donors (Lipinski definition) is 1. The lowest BCUT2D eigenvalue weighted by atomic mass is 9.55. The van der Waals surface area contributed by atoms with Gasteiger partial charge < -0.3 is 4.90 Å².